The number of nitrogens with zero attached hydrogens (tertiary/aromatic N) is 6. The molecule has 2 aromatic heterocycles. The molecule has 2 heterocycles. The van der Waals surface area contributed by atoms with Crippen molar-refractivity contribution >= 4 is 39.9 Å². The summed E-state index contributed by atoms with van der Waals surface area (Å²) in [4.78, 5) is 65.5. The molecule has 15 nitrogen and oxygen atoms in total. The first-order valence-electron chi connectivity index (χ1n) is 18.2. The molecule has 0 unspecified atom stereocenters. The molecule has 15 heteroatoms. The highest BCUT2D eigenvalue weighted by Crippen LogP contribution is 2.25. The average Bonchev–Trinajstić information content (AvgIpc) is 3.21. The predicted molar refractivity (Wildman–Crippen MR) is 204 cm³/mol. The number of rotatable bonds is 18. The van der Waals surface area contributed by atoms with Gasteiger partial charge < -0.3 is 19.7 Å². The standard InChI is InChI=1S/C41H40N6O9/c48-37-29-15-7-9-17-33(29)42-44-46(37)25-23-31(39(50)51)35(21-19-27-11-3-1-4-12-27)55-41(54)56-36(22-20-28-13-5-2-6-14-28)32(40(52)53)24-26-47-38(49)30-16-8-10-18-34(30)43-45-47/h1-18,31-32,35-36H,19-26H2,(H,50,51)(H,52,53)/t31-,32-,35+,36+/m0/s1. The maximum absolute atomic E-state index is 13.7. The van der Waals surface area contributed by atoms with E-state index >= 15 is 0 Å². The Kier molecular flexibility index (Phi) is 12.9. The van der Waals surface area contributed by atoms with Crippen LogP contribution in [0.5, 0.6) is 0 Å². The van der Waals surface area contributed by atoms with Crippen LogP contribution in [0.2, 0.25) is 0 Å². The van der Waals surface area contributed by atoms with Gasteiger partial charge in [-0.15, -0.1) is 10.2 Å². The van der Waals surface area contributed by atoms with Gasteiger partial charge in [-0.1, -0.05) is 95.4 Å². The minimum absolute atomic E-state index is 0.0783. The molecule has 56 heavy (non-hydrogen) atoms. The number of hydrogen-bond donors (Lipinski definition) is 2. The van der Waals surface area contributed by atoms with E-state index in [1.807, 2.05) is 60.7 Å². The number of benzene rings is 4. The number of hydrogen-bond acceptors (Lipinski definition) is 11. The first kappa shape index (κ1) is 38.9. The van der Waals surface area contributed by atoms with E-state index in [-0.39, 0.29) is 38.8 Å². The molecular weight excluding hydrogens is 720 g/mol. The third kappa shape index (κ3) is 9.85. The topological polar surface area (TPSA) is 206 Å². The Morgan fingerprint density at radius 1 is 0.536 bits per heavy atom. The van der Waals surface area contributed by atoms with Gasteiger partial charge in [-0.05, 0) is 73.9 Å². The van der Waals surface area contributed by atoms with E-state index in [4.69, 9.17) is 9.47 Å². The van der Waals surface area contributed by atoms with Gasteiger partial charge in [0.05, 0.1) is 22.6 Å². The monoisotopic (exact) mass is 760 g/mol. The van der Waals surface area contributed by atoms with Crippen LogP contribution < -0.4 is 11.1 Å². The first-order chi connectivity index (χ1) is 27.2. The Morgan fingerprint density at radius 2 is 0.911 bits per heavy atom. The summed E-state index contributed by atoms with van der Waals surface area (Å²) in [5, 5.41) is 37.6. The van der Waals surface area contributed by atoms with Crippen molar-refractivity contribution in [1.82, 2.24) is 30.0 Å². The number of fused-ring (bicyclic) bond motifs is 2. The molecule has 0 radical (unpaired) electrons. The Hall–Kier alpha value is -6.77. The second-order valence-electron chi connectivity index (χ2n) is 13.3. The second-order valence-corrected chi connectivity index (χ2v) is 13.3. The minimum atomic E-state index is -1.30. The van der Waals surface area contributed by atoms with Crippen molar-refractivity contribution in [3.8, 4) is 0 Å². The Balaban J connectivity index is 1.23. The van der Waals surface area contributed by atoms with Gasteiger partial charge in [-0.3, -0.25) is 19.2 Å². The highest BCUT2D eigenvalue weighted by molar-refractivity contribution is 5.77. The molecule has 0 amide bonds. The highest BCUT2D eigenvalue weighted by Gasteiger charge is 2.36. The lowest BCUT2D eigenvalue weighted by Crippen LogP contribution is -2.39. The molecule has 6 rings (SSSR count). The highest BCUT2D eigenvalue weighted by atomic mass is 16.7. The van der Waals surface area contributed by atoms with Crippen molar-refractivity contribution < 1.29 is 34.1 Å². The predicted octanol–water partition coefficient (Wildman–Crippen LogP) is 4.93. The number of ether oxygens (including phenoxy) is 2. The zero-order valence-electron chi connectivity index (χ0n) is 30.3. The minimum Gasteiger partial charge on any atom is -0.481 e. The van der Waals surface area contributed by atoms with E-state index in [2.05, 4.69) is 20.6 Å². The van der Waals surface area contributed by atoms with Gasteiger partial charge in [-0.2, -0.15) is 0 Å². The Labute approximate surface area is 320 Å². The molecule has 288 valence electrons. The maximum Gasteiger partial charge on any atom is 0.508 e. The van der Waals surface area contributed by atoms with Crippen molar-refractivity contribution in [2.24, 2.45) is 11.8 Å². The van der Waals surface area contributed by atoms with Crippen LogP contribution in [0.3, 0.4) is 0 Å². The van der Waals surface area contributed by atoms with Crippen molar-refractivity contribution in [1.29, 1.82) is 0 Å². The van der Waals surface area contributed by atoms with E-state index in [1.165, 1.54) is 0 Å². The van der Waals surface area contributed by atoms with Crippen molar-refractivity contribution in [2.45, 2.75) is 63.8 Å². The van der Waals surface area contributed by atoms with Gasteiger partial charge >= 0.3 is 18.1 Å². The summed E-state index contributed by atoms with van der Waals surface area (Å²) in [5.41, 5.74) is 1.64. The van der Waals surface area contributed by atoms with E-state index < -0.39 is 53.3 Å². The van der Waals surface area contributed by atoms with Crippen molar-refractivity contribution in [2.75, 3.05) is 0 Å². The number of carbonyl (C=O) groups is 3. The van der Waals surface area contributed by atoms with Crippen LogP contribution in [0.15, 0.2) is 119 Å². The fourth-order valence-corrected chi connectivity index (χ4v) is 6.67. The molecular formula is C41H40N6O9. The summed E-state index contributed by atoms with van der Waals surface area (Å²) in [7, 11) is 0. The summed E-state index contributed by atoms with van der Waals surface area (Å²) in [6.07, 6.45) is -3.18. The zero-order chi connectivity index (χ0) is 39.4. The van der Waals surface area contributed by atoms with Crippen molar-refractivity contribution in [3.63, 3.8) is 0 Å². The molecule has 0 fully saturated rings. The van der Waals surface area contributed by atoms with Gasteiger partial charge in [0.25, 0.3) is 11.1 Å². The molecule has 4 atom stereocenters. The average molecular weight is 761 g/mol. The van der Waals surface area contributed by atoms with Crippen LogP contribution in [0.1, 0.15) is 36.8 Å². The SMILES string of the molecule is O=C(O[C@H](CCc1ccccc1)[C@H](CCn1nnc2ccccc2c1=O)C(=O)O)O[C@H](CCc1ccccc1)[C@H](CCn1nnc2ccccc2c1=O)C(=O)O. The lowest BCUT2D eigenvalue weighted by molar-refractivity contribution is -0.148. The maximum atomic E-state index is 13.7. The van der Waals surface area contributed by atoms with Crippen LogP contribution >= 0.6 is 0 Å². The molecule has 0 saturated heterocycles. The third-order valence-electron chi connectivity index (χ3n) is 9.71. The lowest BCUT2D eigenvalue weighted by Gasteiger charge is -2.27. The summed E-state index contributed by atoms with van der Waals surface area (Å²) in [5.74, 6) is -5.15. The molecule has 4 aromatic carbocycles. The number of aromatic nitrogens is 6. The number of aryl methyl sites for hydroxylation is 4. The molecule has 0 bridgehead atoms. The van der Waals surface area contributed by atoms with E-state index in [1.54, 1.807) is 48.5 Å². The van der Waals surface area contributed by atoms with Gasteiger partial charge in [-0.25, -0.2) is 14.2 Å². The van der Waals surface area contributed by atoms with Gasteiger partial charge in [0, 0.05) is 13.1 Å². The molecule has 0 aliphatic carbocycles. The largest absolute Gasteiger partial charge is 0.508 e. The van der Waals surface area contributed by atoms with Gasteiger partial charge in [0.15, 0.2) is 0 Å². The normalized spacial score (nSPS) is 13.4. The fourth-order valence-electron chi connectivity index (χ4n) is 6.67. The number of carboxylic acids is 2. The summed E-state index contributed by atoms with van der Waals surface area (Å²) < 4.78 is 13.7. The molecule has 0 aliphatic rings. The third-order valence-corrected chi connectivity index (χ3v) is 9.71. The van der Waals surface area contributed by atoms with Crippen LogP contribution in [-0.2, 0) is 45.0 Å². The summed E-state index contributed by atoms with van der Waals surface area (Å²) in [6, 6.07) is 31.8. The van der Waals surface area contributed by atoms with Crippen molar-refractivity contribution in [3.05, 3.63) is 141 Å². The van der Waals surface area contributed by atoms with Crippen LogP contribution in [0.4, 0.5) is 4.79 Å². The first-order valence-corrected chi connectivity index (χ1v) is 18.2. The fraction of sp³-hybridized carbons (Fsp3) is 0.293. The zero-order valence-corrected chi connectivity index (χ0v) is 30.3. The lowest BCUT2D eigenvalue weighted by atomic mass is 9.93. The van der Waals surface area contributed by atoms with Gasteiger partial charge in [0.1, 0.15) is 23.2 Å². The number of aliphatic carboxylic acids is 2. The van der Waals surface area contributed by atoms with E-state index in [9.17, 15) is 34.2 Å². The molecule has 0 saturated carbocycles. The number of carboxylic acid groups (broad SMARTS) is 2. The molecule has 6 aromatic rings. The molecule has 0 aliphatic heterocycles. The smallest absolute Gasteiger partial charge is 0.481 e. The quantitative estimate of drug-likeness (QED) is 0.112. The molecule has 2 N–H and O–H groups in total. The Morgan fingerprint density at radius 3 is 1.30 bits per heavy atom. The van der Waals surface area contributed by atoms with Crippen LogP contribution in [0.25, 0.3) is 21.8 Å². The summed E-state index contributed by atoms with van der Waals surface area (Å²) in [6.45, 7) is -0.266. The molecule has 0 spiro atoms. The number of carbonyl (C=O) groups excluding carboxylic acids is 1. The van der Waals surface area contributed by atoms with Crippen LogP contribution in [0, 0.1) is 11.8 Å². The summed E-state index contributed by atoms with van der Waals surface area (Å²) >= 11 is 0. The Bertz CT molecular complexity index is 2240. The van der Waals surface area contributed by atoms with E-state index in [0.29, 0.717) is 34.6 Å². The van der Waals surface area contributed by atoms with E-state index in [0.717, 1.165) is 20.5 Å². The van der Waals surface area contributed by atoms with Gasteiger partial charge in [0.2, 0.25) is 0 Å². The second kappa shape index (κ2) is 18.5. The van der Waals surface area contributed by atoms with Crippen LogP contribution in [-0.4, -0.2) is 70.5 Å².